The molecule has 94 valence electrons. The van der Waals surface area contributed by atoms with E-state index in [1.807, 2.05) is 18.5 Å². The molecule has 1 heterocycles. The number of nitrogens with two attached hydrogens (primary N) is 1. The molecule has 0 bridgehead atoms. The second-order valence-electron chi connectivity index (χ2n) is 4.81. The van der Waals surface area contributed by atoms with Crippen LogP contribution in [0.15, 0.2) is 24.5 Å². The highest BCUT2D eigenvalue weighted by atomic mass is 15.2. The zero-order valence-electron chi connectivity index (χ0n) is 10.7. The van der Waals surface area contributed by atoms with Crippen LogP contribution in [0.5, 0.6) is 0 Å². The Morgan fingerprint density at radius 1 is 1.47 bits per heavy atom. The molecule has 1 aromatic heterocycles. The van der Waals surface area contributed by atoms with E-state index in [1.165, 1.54) is 31.2 Å². The minimum atomic E-state index is 0.330. The Bertz CT molecular complexity index is 319. The number of hydrogen-bond acceptors (Lipinski definition) is 3. The third-order valence-electron chi connectivity index (χ3n) is 3.85. The van der Waals surface area contributed by atoms with Crippen LogP contribution in [-0.4, -0.2) is 29.0 Å². The minimum Gasteiger partial charge on any atom is -0.329 e. The largest absolute Gasteiger partial charge is 0.329 e. The van der Waals surface area contributed by atoms with Crippen molar-refractivity contribution in [3.8, 4) is 0 Å². The second kappa shape index (κ2) is 6.12. The van der Waals surface area contributed by atoms with Crippen molar-refractivity contribution >= 4 is 0 Å². The second-order valence-corrected chi connectivity index (χ2v) is 4.81. The van der Waals surface area contributed by atoms with Crippen LogP contribution in [0.25, 0.3) is 0 Å². The molecule has 2 rings (SSSR count). The molecule has 3 heteroatoms. The summed E-state index contributed by atoms with van der Waals surface area (Å²) in [6.45, 7) is 3.98. The highest BCUT2D eigenvalue weighted by molar-refractivity contribution is 5.15. The maximum absolute atomic E-state index is 5.98. The SMILES string of the molecule is CCN(C1CCCC1)C(CN)c1cccnc1. The van der Waals surface area contributed by atoms with Crippen LogP contribution in [-0.2, 0) is 0 Å². The molecule has 3 nitrogen and oxygen atoms in total. The predicted octanol–water partition coefficient (Wildman–Crippen LogP) is 2.35. The smallest absolute Gasteiger partial charge is 0.0488 e. The average molecular weight is 233 g/mol. The summed E-state index contributed by atoms with van der Waals surface area (Å²) >= 11 is 0. The third-order valence-corrected chi connectivity index (χ3v) is 3.85. The Kier molecular flexibility index (Phi) is 4.51. The predicted molar refractivity (Wildman–Crippen MR) is 70.7 cm³/mol. The zero-order chi connectivity index (χ0) is 12.1. The van der Waals surface area contributed by atoms with Gasteiger partial charge in [0.2, 0.25) is 0 Å². The average Bonchev–Trinajstić information content (AvgIpc) is 2.90. The van der Waals surface area contributed by atoms with E-state index in [-0.39, 0.29) is 0 Å². The lowest BCUT2D eigenvalue weighted by atomic mass is 10.0. The fourth-order valence-electron chi connectivity index (χ4n) is 3.01. The van der Waals surface area contributed by atoms with E-state index in [0.29, 0.717) is 18.6 Å². The first-order valence-corrected chi connectivity index (χ1v) is 6.72. The first-order chi connectivity index (χ1) is 8.36. The maximum Gasteiger partial charge on any atom is 0.0488 e. The van der Waals surface area contributed by atoms with E-state index < -0.39 is 0 Å². The number of hydrogen-bond donors (Lipinski definition) is 1. The van der Waals surface area contributed by atoms with Gasteiger partial charge < -0.3 is 5.73 Å². The molecule has 1 aromatic rings. The van der Waals surface area contributed by atoms with E-state index in [9.17, 15) is 0 Å². The van der Waals surface area contributed by atoms with Gasteiger partial charge in [-0.15, -0.1) is 0 Å². The van der Waals surface area contributed by atoms with Gasteiger partial charge in [-0.1, -0.05) is 25.8 Å². The Morgan fingerprint density at radius 3 is 2.76 bits per heavy atom. The van der Waals surface area contributed by atoms with Gasteiger partial charge in [-0.2, -0.15) is 0 Å². The molecule has 0 spiro atoms. The van der Waals surface area contributed by atoms with Crippen molar-refractivity contribution in [1.29, 1.82) is 0 Å². The van der Waals surface area contributed by atoms with Gasteiger partial charge in [-0.05, 0) is 31.0 Å². The quantitative estimate of drug-likeness (QED) is 0.849. The summed E-state index contributed by atoms with van der Waals surface area (Å²) in [6, 6.07) is 5.19. The monoisotopic (exact) mass is 233 g/mol. The highest BCUT2D eigenvalue weighted by Crippen LogP contribution is 2.30. The fraction of sp³-hybridized carbons (Fsp3) is 0.643. The van der Waals surface area contributed by atoms with Crippen molar-refractivity contribution in [2.24, 2.45) is 5.73 Å². The Hall–Kier alpha value is -0.930. The van der Waals surface area contributed by atoms with Gasteiger partial charge >= 0.3 is 0 Å². The van der Waals surface area contributed by atoms with E-state index in [4.69, 9.17) is 5.73 Å². The number of pyridine rings is 1. The van der Waals surface area contributed by atoms with E-state index in [1.54, 1.807) is 0 Å². The first kappa shape index (κ1) is 12.5. The van der Waals surface area contributed by atoms with Gasteiger partial charge in [0.25, 0.3) is 0 Å². The third kappa shape index (κ3) is 2.85. The molecule has 1 fully saturated rings. The Morgan fingerprint density at radius 2 is 2.24 bits per heavy atom. The number of likely N-dealkylation sites (N-methyl/N-ethyl adjacent to an activating group) is 1. The lowest BCUT2D eigenvalue weighted by Crippen LogP contribution is -2.40. The van der Waals surface area contributed by atoms with Crippen molar-refractivity contribution in [2.75, 3.05) is 13.1 Å². The number of nitrogens with zero attached hydrogens (tertiary/aromatic N) is 2. The maximum atomic E-state index is 5.98. The van der Waals surface area contributed by atoms with Gasteiger partial charge in [0, 0.05) is 31.0 Å². The minimum absolute atomic E-state index is 0.330. The first-order valence-electron chi connectivity index (χ1n) is 6.72. The molecule has 0 aromatic carbocycles. The molecule has 0 saturated heterocycles. The van der Waals surface area contributed by atoms with Crippen LogP contribution >= 0.6 is 0 Å². The number of aromatic nitrogens is 1. The van der Waals surface area contributed by atoms with Gasteiger partial charge in [-0.3, -0.25) is 9.88 Å². The number of rotatable bonds is 5. The molecule has 1 saturated carbocycles. The molecule has 1 unspecified atom stereocenters. The van der Waals surface area contributed by atoms with Gasteiger partial charge in [0.05, 0.1) is 0 Å². The van der Waals surface area contributed by atoms with Crippen molar-refractivity contribution in [3.63, 3.8) is 0 Å². The molecule has 0 aliphatic heterocycles. The van der Waals surface area contributed by atoms with Crippen LogP contribution in [0.1, 0.15) is 44.2 Å². The van der Waals surface area contributed by atoms with E-state index in [2.05, 4.69) is 22.9 Å². The van der Waals surface area contributed by atoms with Gasteiger partial charge in [0.15, 0.2) is 0 Å². The summed E-state index contributed by atoms with van der Waals surface area (Å²) in [4.78, 5) is 6.77. The summed E-state index contributed by atoms with van der Waals surface area (Å²) in [5.41, 5.74) is 7.23. The molecule has 2 N–H and O–H groups in total. The lowest BCUT2D eigenvalue weighted by Gasteiger charge is -2.35. The van der Waals surface area contributed by atoms with Crippen LogP contribution in [0.3, 0.4) is 0 Å². The molecule has 1 aliphatic carbocycles. The van der Waals surface area contributed by atoms with Crippen molar-refractivity contribution in [2.45, 2.75) is 44.7 Å². The van der Waals surface area contributed by atoms with Crippen molar-refractivity contribution in [3.05, 3.63) is 30.1 Å². The van der Waals surface area contributed by atoms with Crippen LogP contribution < -0.4 is 5.73 Å². The van der Waals surface area contributed by atoms with Gasteiger partial charge in [0.1, 0.15) is 0 Å². The van der Waals surface area contributed by atoms with Crippen molar-refractivity contribution < 1.29 is 0 Å². The summed E-state index contributed by atoms with van der Waals surface area (Å²) < 4.78 is 0. The molecule has 1 aliphatic rings. The highest BCUT2D eigenvalue weighted by Gasteiger charge is 2.27. The molecule has 0 amide bonds. The molecule has 17 heavy (non-hydrogen) atoms. The summed E-state index contributed by atoms with van der Waals surface area (Å²) in [5, 5.41) is 0. The lowest BCUT2D eigenvalue weighted by molar-refractivity contribution is 0.147. The summed E-state index contributed by atoms with van der Waals surface area (Å²) in [6.07, 6.45) is 9.16. The summed E-state index contributed by atoms with van der Waals surface area (Å²) in [5.74, 6) is 0. The van der Waals surface area contributed by atoms with Crippen LogP contribution in [0, 0.1) is 0 Å². The Balaban J connectivity index is 2.15. The van der Waals surface area contributed by atoms with Crippen molar-refractivity contribution in [1.82, 2.24) is 9.88 Å². The topological polar surface area (TPSA) is 42.1 Å². The van der Waals surface area contributed by atoms with E-state index in [0.717, 1.165) is 6.54 Å². The Labute approximate surface area is 104 Å². The molecule has 1 atom stereocenters. The van der Waals surface area contributed by atoms with E-state index >= 15 is 0 Å². The standard InChI is InChI=1S/C14H23N3/c1-2-17(13-7-3-4-8-13)14(10-15)12-6-5-9-16-11-12/h5-6,9,11,13-14H,2-4,7-8,10,15H2,1H3. The molecule has 0 radical (unpaired) electrons. The molecular weight excluding hydrogens is 210 g/mol. The van der Waals surface area contributed by atoms with Crippen LogP contribution in [0.2, 0.25) is 0 Å². The normalized spacial score (nSPS) is 18.8. The van der Waals surface area contributed by atoms with Gasteiger partial charge in [-0.25, -0.2) is 0 Å². The fourth-order valence-corrected chi connectivity index (χ4v) is 3.01. The summed E-state index contributed by atoms with van der Waals surface area (Å²) in [7, 11) is 0. The molecular formula is C14H23N3. The zero-order valence-corrected chi connectivity index (χ0v) is 10.7. The van der Waals surface area contributed by atoms with Crippen LogP contribution in [0.4, 0.5) is 0 Å².